The van der Waals surface area contributed by atoms with Crippen LogP contribution in [0.4, 0.5) is 0 Å². The molecule has 2 heterocycles. The topological polar surface area (TPSA) is 54.4 Å². The molecule has 1 fully saturated rings. The molecule has 5 rings (SSSR count). The zero-order chi connectivity index (χ0) is 20.3. The molecule has 2 aliphatic heterocycles. The van der Waals surface area contributed by atoms with Gasteiger partial charge in [0.05, 0.1) is 0 Å². The second-order valence-electron chi connectivity index (χ2n) is 8.51. The van der Waals surface area contributed by atoms with Gasteiger partial charge in [-0.3, -0.25) is 9.80 Å². The molecule has 0 aromatic heterocycles. The van der Waals surface area contributed by atoms with Gasteiger partial charge in [0.25, 0.3) is 0 Å². The third-order valence-electron chi connectivity index (χ3n) is 6.29. The first-order valence-corrected chi connectivity index (χ1v) is 11.0. The average Bonchev–Trinajstić information content (AvgIpc) is 3.42. The van der Waals surface area contributed by atoms with Gasteiger partial charge in [-0.25, -0.2) is 0 Å². The number of rotatable bonds is 7. The van der Waals surface area contributed by atoms with Crippen LogP contribution in [0.3, 0.4) is 0 Å². The SMILES string of the molecule is Cl.Cl.OC(COc1ccc2c(c1)CCC2)CN1CCN(Cc2ccc3c(c2)OCO3)CC1. The van der Waals surface area contributed by atoms with E-state index in [1.54, 1.807) is 0 Å². The lowest BCUT2D eigenvalue weighted by Crippen LogP contribution is -2.48. The van der Waals surface area contributed by atoms with Crippen molar-refractivity contribution in [1.29, 1.82) is 0 Å². The van der Waals surface area contributed by atoms with Gasteiger partial charge in [-0.15, -0.1) is 24.8 Å². The molecule has 1 atom stereocenters. The molecule has 2 aromatic carbocycles. The van der Waals surface area contributed by atoms with Crippen molar-refractivity contribution >= 4 is 24.8 Å². The Morgan fingerprint density at radius 2 is 1.62 bits per heavy atom. The molecule has 0 bridgehead atoms. The standard InChI is InChI=1S/C24H30N2O4.2ClH/c27-21(16-28-22-6-5-19-2-1-3-20(19)13-22)15-26-10-8-25(9-11-26)14-18-4-7-23-24(12-18)30-17-29-23;;/h4-7,12-13,21,27H,1-3,8-11,14-17H2;2*1H. The van der Waals surface area contributed by atoms with Gasteiger partial charge >= 0.3 is 0 Å². The highest BCUT2D eigenvalue weighted by molar-refractivity contribution is 5.85. The second-order valence-corrected chi connectivity index (χ2v) is 8.51. The predicted molar refractivity (Wildman–Crippen MR) is 129 cm³/mol. The van der Waals surface area contributed by atoms with Gasteiger partial charge < -0.3 is 19.3 Å². The quantitative estimate of drug-likeness (QED) is 0.653. The monoisotopic (exact) mass is 482 g/mol. The Labute approximate surface area is 202 Å². The number of benzene rings is 2. The number of hydrogen-bond acceptors (Lipinski definition) is 6. The maximum absolute atomic E-state index is 10.4. The van der Waals surface area contributed by atoms with Crippen molar-refractivity contribution in [2.45, 2.75) is 31.9 Å². The van der Waals surface area contributed by atoms with Crippen LogP contribution in [0.15, 0.2) is 36.4 Å². The van der Waals surface area contributed by atoms with Crippen LogP contribution in [-0.2, 0) is 19.4 Å². The number of nitrogens with zero attached hydrogens (tertiary/aromatic N) is 2. The van der Waals surface area contributed by atoms with Crippen molar-refractivity contribution < 1.29 is 19.3 Å². The number of fused-ring (bicyclic) bond motifs is 2. The van der Waals surface area contributed by atoms with E-state index in [-0.39, 0.29) is 24.8 Å². The lowest BCUT2D eigenvalue weighted by molar-refractivity contribution is 0.0446. The zero-order valence-corrected chi connectivity index (χ0v) is 19.8. The van der Waals surface area contributed by atoms with Crippen LogP contribution in [0.1, 0.15) is 23.1 Å². The van der Waals surface area contributed by atoms with Crippen molar-refractivity contribution in [3.63, 3.8) is 0 Å². The minimum atomic E-state index is -0.473. The van der Waals surface area contributed by atoms with E-state index in [4.69, 9.17) is 14.2 Å². The molecule has 176 valence electrons. The van der Waals surface area contributed by atoms with Gasteiger partial charge in [-0.2, -0.15) is 0 Å². The number of aryl methyl sites for hydroxylation is 2. The molecule has 2 aromatic rings. The summed E-state index contributed by atoms with van der Waals surface area (Å²) in [6.45, 7) is 6.13. The van der Waals surface area contributed by atoms with E-state index in [1.165, 1.54) is 29.5 Å². The van der Waals surface area contributed by atoms with Crippen LogP contribution in [0.2, 0.25) is 0 Å². The van der Waals surface area contributed by atoms with Crippen molar-refractivity contribution in [3.05, 3.63) is 53.1 Å². The van der Waals surface area contributed by atoms with E-state index in [1.807, 2.05) is 12.1 Å². The molecule has 1 saturated heterocycles. The van der Waals surface area contributed by atoms with Gasteiger partial charge in [0.2, 0.25) is 6.79 Å². The summed E-state index contributed by atoms with van der Waals surface area (Å²) in [6, 6.07) is 12.5. The normalized spacial score (nSPS) is 18.4. The summed E-state index contributed by atoms with van der Waals surface area (Å²) in [6.07, 6.45) is 3.09. The maximum atomic E-state index is 10.4. The molecule has 0 spiro atoms. The van der Waals surface area contributed by atoms with E-state index >= 15 is 0 Å². The molecule has 3 aliphatic rings. The summed E-state index contributed by atoms with van der Waals surface area (Å²) < 4.78 is 16.7. The number of β-amino-alcohol motifs (C(OH)–C–C–N with tert-alkyl or cyclic N) is 1. The highest BCUT2D eigenvalue weighted by Gasteiger charge is 2.21. The van der Waals surface area contributed by atoms with Crippen molar-refractivity contribution in [3.8, 4) is 17.2 Å². The van der Waals surface area contributed by atoms with Crippen molar-refractivity contribution in [1.82, 2.24) is 9.80 Å². The van der Waals surface area contributed by atoms with E-state index < -0.39 is 6.10 Å². The third kappa shape index (κ3) is 6.00. The Hall–Kier alpha value is -1.70. The summed E-state index contributed by atoms with van der Waals surface area (Å²) in [5.74, 6) is 2.56. The van der Waals surface area contributed by atoms with Gasteiger partial charge in [-0.1, -0.05) is 12.1 Å². The molecular weight excluding hydrogens is 451 g/mol. The summed E-state index contributed by atoms with van der Waals surface area (Å²) in [5, 5.41) is 10.4. The molecule has 32 heavy (non-hydrogen) atoms. The average molecular weight is 483 g/mol. The number of halogens is 2. The summed E-state index contributed by atoms with van der Waals surface area (Å²) in [4.78, 5) is 4.77. The number of piperazine rings is 1. The molecule has 6 nitrogen and oxygen atoms in total. The van der Waals surface area contributed by atoms with Gasteiger partial charge in [-0.05, 0) is 60.2 Å². The molecule has 8 heteroatoms. The Balaban J connectivity index is 0.00000144. The van der Waals surface area contributed by atoms with Gasteiger partial charge in [0, 0.05) is 39.3 Å². The highest BCUT2D eigenvalue weighted by atomic mass is 35.5. The first-order valence-electron chi connectivity index (χ1n) is 11.0. The second kappa shape index (κ2) is 11.4. The first-order chi connectivity index (χ1) is 14.7. The zero-order valence-electron chi connectivity index (χ0n) is 18.2. The Morgan fingerprint density at radius 3 is 2.47 bits per heavy atom. The van der Waals surface area contributed by atoms with Crippen LogP contribution in [0.25, 0.3) is 0 Å². The van der Waals surface area contributed by atoms with E-state index in [0.29, 0.717) is 19.9 Å². The summed E-state index contributed by atoms with van der Waals surface area (Å²) in [5.41, 5.74) is 4.09. The summed E-state index contributed by atoms with van der Waals surface area (Å²) >= 11 is 0. The predicted octanol–water partition coefficient (Wildman–Crippen LogP) is 3.31. The Morgan fingerprint density at radius 1 is 0.875 bits per heavy atom. The molecule has 0 radical (unpaired) electrons. The Kier molecular flexibility index (Phi) is 8.91. The fourth-order valence-corrected chi connectivity index (χ4v) is 4.61. The van der Waals surface area contributed by atoms with Crippen LogP contribution < -0.4 is 14.2 Å². The molecule has 1 aliphatic carbocycles. The Bertz CT molecular complexity index is 890. The van der Waals surface area contributed by atoms with Crippen molar-refractivity contribution in [2.24, 2.45) is 0 Å². The maximum Gasteiger partial charge on any atom is 0.231 e. The molecule has 1 N–H and O–H groups in total. The van der Waals surface area contributed by atoms with E-state index in [9.17, 15) is 5.11 Å². The highest BCUT2D eigenvalue weighted by Crippen LogP contribution is 2.33. The minimum Gasteiger partial charge on any atom is -0.491 e. The number of hydrogen-bond donors (Lipinski definition) is 1. The largest absolute Gasteiger partial charge is 0.491 e. The van der Waals surface area contributed by atoms with Crippen molar-refractivity contribution in [2.75, 3.05) is 46.1 Å². The van der Waals surface area contributed by atoms with Gasteiger partial charge in [0.1, 0.15) is 18.5 Å². The van der Waals surface area contributed by atoms with Crippen LogP contribution in [-0.4, -0.2) is 67.1 Å². The fraction of sp³-hybridized carbons (Fsp3) is 0.500. The minimum absolute atomic E-state index is 0. The molecular formula is C24H32Cl2N2O4. The fourth-order valence-electron chi connectivity index (χ4n) is 4.61. The summed E-state index contributed by atoms with van der Waals surface area (Å²) in [7, 11) is 0. The van der Waals surface area contributed by atoms with Crippen LogP contribution in [0, 0.1) is 0 Å². The lowest BCUT2D eigenvalue weighted by Gasteiger charge is -2.35. The smallest absolute Gasteiger partial charge is 0.231 e. The first kappa shape index (κ1) is 24.9. The van der Waals surface area contributed by atoms with E-state index in [2.05, 4.69) is 34.1 Å². The molecule has 0 saturated carbocycles. The number of aliphatic hydroxyl groups is 1. The molecule has 0 amide bonds. The number of ether oxygens (including phenoxy) is 3. The van der Waals surface area contributed by atoms with Crippen LogP contribution >= 0.6 is 24.8 Å². The van der Waals surface area contributed by atoms with E-state index in [0.717, 1.165) is 56.4 Å². The molecule has 1 unspecified atom stereocenters. The van der Waals surface area contributed by atoms with Gasteiger partial charge in [0.15, 0.2) is 11.5 Å². The number of aliphatic hydroxyl groups excluding tert-OH is 1. The lowest BCUT2D eigenvalue weighted by atomic mass is 10.1. The van der Waals surface area contributed by atoms with Crippen LogP contribution in [0.5, 0.6) is 17.2 Å². The third-order valence-corrected chi connectivity index (χ3v) is 6.29.